The van der Waals surface area contributed by atoms with E-state index in [2.05, 4.69) is 0 Å². The molecule has 0 heterocycles. The average Bonchev–Trinajstić information content (AvgIpc) is 3.15. The van der Waals surface area contributed by atoms with Crippen molar-refractivity contribution in [3.05, 3.63) is 23.0 Å². The molecule has 0 aromatic heterocycles. The number of hydrogen-bond donors (Lipinski definition) is 1. The van der Waals surface area contributed by atoms with Gasteiger partial charge < -0.3 is 5.73 Å². The highest BCUT2D eigenvalue weighted by atomic mass is 35.5. The van der Waals surface area contributed by atoms with Gasteiger partial charge in [-0.3, -0.25) is 0 Å². The summed E-state index contributed by atoms with van der Waals surface area (Å²) in [6, 6.07) is 2.14. The molecule has 1 unspecified atom stereocenters. The van der Waals surface area contributed by atoms with Crippen LogP contribution in [0.5, 0.6) is 0 Å². The number of nitrogens with zero attached hydrogens (tertiary/aromatic N) is 1. The first-order valence-corrected chi connectivity index (χ1v) is 7.79. The third kappa shape index (κ3) is 2.70. The lowest BCUT2D eigenvalue weighted by Crippen LogP contribution is -2.36. The molecule has 2 N–H and O–H groups in total. The Labute approximate surface area is 117 Å². The minimum Gasteiger partial charge on any atom is -0.399 e. The summed E-state index contributed by atoms with van der Waals surface area (Å²) in [6.07, 6.45) is 2.00. The molecule has 1 aromatic carbocycles. The fraction of sp³-hybridized carbons (Fsp3) is 0.500. The Morgan fingerprint density at radius 3 is 2.58 bits per heavy atom. The minimum absolute atomic E-state index is 0.123. The SMILES string of the molecule is CC(C1CC1)N(C)S(=O)(=O)c1cc(N)cc(Cl)c1F. The molecule has 2 rings (SSSR count). The first kappa shape index (κ1) is 14.6. The summed E-state index contributed by atoms with van der Waals surface area (Å²) in [5.41, 5.74) is 5.66. The van der Waals surface area contributed by atoms with Crippen LogP contribution in [-0.2, 0) is 10.0 Å². The van der Waals surface area contributed by atoms with E-state index in [9.17, 15) is 12.8 Å². The zero-order chi connectivity index (χ0) is 14.4. The van der Waals surface area contributed by atoms with E-state index in [0.717, 1.165) is 18.9 Å². The van der Waals surface area contributed by atoms with Crippen molar-refractivity contribution in [2.24, 2.45) is 5.92 Å². The second kappa shape index (κ2) is 4.92. The molecule has 106 valence electrons. The Kier molecular flexibility index (Phi) is 3.77. The number of nitrogens with two attached hydrogens (primary N) is 1. The summed E-state index contributed by atoms with van der Waals surface area (Å²) < 4.78 is 39.9. The molecule has 4 nitrogen and oxygen atoms in total. The van der Waals surface area contributed by atoms with Crippen molar-refractivity contribution < 1.29 is 12.8 Å². The Morgan fingerprint density at radius 1 is 1.47 bits per heavy atom. The molecule has 1 atom stereocenters. The van der Waals surface area contributed by atoms with E-state index in [1.54, 1.807) is 0 Å². The van der Waals surface area contributed by atoms with Gasteiger partial charge in [-0.2, -0.15) is 4.31 Å². The van der Waals surface area contributed by atoms with E-state index in [1.807, 2.05) is 6.92 Å². The smallest absolute Gasteiger partial charge is 0.246 e. The Hall–Kier alpha value is -0.850. The number of sulfonamides is 1. The summed E-state index contributed by atoms with van der Waals surface area (Å²) in [5.74, 6) is -0.606. The van der Waals surface area contributed by atoms with Crippen molar-refractivity contribution in [3.8, 4) is 0 Å². The maximum Gasteiger partial charge on any atom is 0.246 e. The second-order valence-corrected chi connectivity index (χ2v) is 7.29. The third-order valence-electron chi connectivity index (χ3n) is 3.55. The van der Waals surface area contributed by atoms with Crippen molar-refractivity contribution in [3.63, 3.8) is 0 Å². The van der Waals surface area contributed by atoms with E-state index in [0.29, 0.717) is 5.92 Å². The molecule has 0 saturated heterocycles. The molecule has 1 saturated carbocycles. The molecule has 1 fully saturated rings. The number of benzene rings is 1. The highest BCUT2D eigenvalue weighted by molar-refractivity contribution is 7.89. The van der Waals surface area contributed by atoms with Gasteiger partial charge in [0.05, 0.1) is 5.02 Å². The van der Waals surface area contributed by atoms with Gasteiger partial charge in [-0.25, -0.2) is 12.8 Å². The molecule has 0 amide bonds. The predicted molar refractivity (Wildman–Crippen MR) is 73.0 cm³/mol. The molecule has 19 heavy (non-hydrogen) atoms. The first-order valence-electron chi connectivity index (χ1n) is 5.97. The molecule has 1 aliphatic carbocycles. The van der Waals surface area contributed by atoms with Gasteiger partial charge in [0.1, 0.15) is 4.90 Å². The second-order valence-electron chi connectivity index (χ2n) is 4.91. The lowest BCUT2D eigenvalue weighted by Gasteiger charge is -2.24. The van der Waals surface area contributed by atoms with Gasteiger partial charge in [-0.05, 0) is 37.8 Å². The van der Waals surface area contributed by atoms with Gasteiger partial charge in [-0.1, -0.05) is 11.6 Å². The Bertz CT molecular complexity index is 602. The van der Waals surface area contributed by atoms with Crippen molar-refractivity contribution in [1.29, 1.82) is 0 Å². The van der Waals surface area contributed by atoms with Crippen LogP contribution in [0.15, 0.2) is 17.0 Å². The predicted octanol–water partition coefficient (Wildman–Crippen LogP) is 2.48. The molecular formula is C12H16ClFN2O2S. The fourth-order valence-corrected chi connectivity index (χ4v) is 3.85. The fourth-order valence-electron chi connectivity index (χ4n) is 2.02. The van der Waals surface area contributed by atoms with Gasteiger partial charge in [-0.15, -0.1) is 0 Å². The van der Waals surface area contributed by atoms with Crippen LogP contribution in [0.3, 0.4) is 0 Å². The van der Waals surface area contributed by atoms with E-state index >= 15 is 0 Å². The lowest BCUT2D eigenvalue weighted by molar-refractivity contribution is 0.355. The van der Waals surface area contributed by atoms with Gasteiger partial charge in [0.15, 0.2) is 5.82 Å². The molecule has 7 heteroatoms. The van der Waals surface area contributed by atoms with Crippen LogP contribution in [0.25, 0.3) is 0 Å². The van der Waals surface area contributed by atoms with Gasteiger partial charge in [0, 0.05) is 18.8 Å². The number of rotatable bonds is 4. The van der Waals surface area contributed by atoms with E-state index in [-0.39, 0.29) is 16.8 Å². The topological polar surface area (TPSA) is 63.4 Å². The maximum atomic E-state index is 13.9. The number of hydrogen-bond acceptors (Lipinski definition) is 3. The number of halogens is 2. The molecule has 1 aliphatic rings. The zero-order valence-corrected chi connectivity index (χ0v) is 12.3. The van der Waals surface area contributed by atoms with Crippen LogP contribution in [0.1, 0.15) is 19.8 Å². The molecule has 0 bridgehead atoms. The molecule has 0 spiro atoms. The van der Waals surface area contributed by atoms with Crippen LogP contribution < -0.4 is 5.73 Å². The van der Waals surface area contributed by atoms with Gasteiger partial charge >= 0.3 is 0 Å². The van der Waals surface area contributed by atoms with Crippen LogP contribution in [-0.4, -0.2) is 25.8 Å². The summed E-state index contributed by atoms with van der Waals surface area (Å²) in [4.78, 5) is -0.465. The molecule has 0 aliphatic heterocycles. The quantitative estimate of drug-likeness (QED) is 0.869. The average molecular weight is 307 g/mol. The molecular weight excluding hydrogens is 291 g/mol. The van der Waals surface area contributed by atoms with Crippen LogP contribution >= 0.6 is 11.6 Å². The Balaban J connectivity index is 2.44. The monoisotopic (exact) mass is 306 g/mol. The van der Waals surface area contributed by atoms with Crippen LogP contribution in [0.2, 0.25) is 5.02 Å². The highest BCUT2D eigenvalue weighted by Gasteiger charge is 2.37. The van der Waals surface area contributed by atoms with Crippen molar-refractivity contribution in [1.82, 2.24) is 4.31 Å². The minimum atomic E-state index is -3.93. The van der Waals surface area contributed by atoms with Crippen molar-refractivity contribution in [2.45, 2.75) is 30.7 Å². The highest BCUT2D eigenvalue weighted by Crippen LogP contribution is 2.37. The molecule has 0 radical (unpaired) electrons. The summed E-state index contributed by atoms with van der Waals surface area (Å²) in [5, 5.41) is -0.286. The lowest BCUT2D eigenvalue weighted by atomic mass is 10.2. The largest absolute Gasteiger partial charge is 0.399 e. The van der Waals surface area contributed by atoms with Gasteiger partial charge in [0.25, 0.3) is 0 Å². The van der Waals surface area contributed by atoms with Gasteiger partial charge in [0.2, 0.25) is 10.0 Å². The van der Waals surface area contributed by atoms with Crippen molar-refractivity contribution in [2.75, 3.05) is 12.8 Å². The summed E-state index contributed by atoms with van der Waals surface area (Å²) >= 11 is 5.65. The standard InChI is InChI=1S/C12H16ClFN2O2S/c1-7(8-3-4-8)16(2)19(17,18)11-6-9(15)5-10(13)12(11)14/h5-8H,3-4,15H2,1-2H3. The summed E-state index contributed by atoms with van der Waals surface area (Å²) in [6.45, 7) is 1.82. The number of anilines is 1. The van der Waals surface area contributed by atoms with Crippen molar-refractivity contribution >= 4 is 27.3 Å². The molecule has 1 aromatic rings. The van der Waals surface area contributed by atoms with Crippen LogP contribution in [0, 0.1) is 11.7 Å². The number of nitrogen functional groups attached to an aromatic ring is 1. The maximum absolute atomic E-state index is 13.9. The summed E-state index contributed by atoms with van der Waals surface area (Å²) in [7, 11) is -2.47. The third-order valence-corrected chi connectivity index (χ3v) is 5.77. The normalized spacial score (nSPS) is 17.7. The zero-order valence-electron chi connectivity index (χ0n) is 10.7. The van der Waals surface area contributed by atoms with E-state index in [1.165, 1.54) is 17.4 Å². The van der Waals surface area contributed by atoms with E-state index < -0.39 is 20.7 Å². The van der Waals surface area contributed by atoms with E-state index in [4.69, 9.17) is 17.3 Å². The Morgan fingerprint density at radius 2 is 2.05 bits per heavy atom. The van der Waals surface area contributed by atoms with Crippen LogP contribution in [0.4, 0.5) is 10.1 Å². The first-order chi connectivity index (χ1) is 8.75.